The van der Waals surface area contributed by atoms with Crippen molar-refractivity contribution < 1.29 is 4.74 Å². The van der Waals surface area contributed by atoms with Gasteiger partial charge in [-0.2, -0.15) is 5.10 Å². The maximum Gasteiger partial charge on any atom is 0.0632 e. The fourth-order valence-electron chi connectivity index (χ4n) is 2.05. The minimum atomic E-state index is 0.415. The van der Waals surface area contributed by atoms with Gasteiger partial charge in [0.05, 0.1) is 23.8 Å². The second-order valence-corrected chi connectivity index (χ2v) is 5.28. The van der Waals surface area contributed by atoms with E-state index in [0.717, 1.165) is 30.7 Å². The summed E-state index contributed by atoms with van der Waals surface area (Å²) in [6.45, 7) is 4.83. The molecule has 0 amide bonds. The number of aromatic nitrogens is 2. The first-order valence-corrected chi connectivity index (χ1v) is 6.55. The number of ether oxygens (including phenoxy) is 1. The van der Waals surface area contributed by atoms with E-state index in [9.17, 15) is 0 Å². The summed E-state index contributed by atoms with van der Waals surface area (Å²) < 4.78 is 8.42. The molecular formula is C11H18BrN3O. The highest BCUT2D eigenvalue weighted by molar-refractivity contribution is 9.10. The van der Waals surface area contributed by atoms with Gasteiger partial charge in [0.15, 0.2) is 0 Å². The molecule has 1 N–H and O–H groups in total. The van der Waals surface area contributed by atoms with Gasteiger partial charge in [-0.1, -0.05) is 0 Å². The lowest BCUT2D eigenvalue weighted by molar-refractivity contribution is 0.0661. The summed E-state index contributed by atoms with van der Waals surface area (Å²) in [5.41, 5.74) is 0. The largest absolute Gasteiger partial charge is 0.380 e. The van der Waals surface area contributed by atoms with Gasteiger partial charge in [-0.25, -0.2) is 0 Å². The maximum atomic E-state index is 5.44. The predicted octanol–water partition coefficient (Wildman–Crippen LogP) is 1.80. The molecule has 16 heavy (non-hydrogen) atoms. The van der Waals surface area contributed by atoms with Crippen LogP contribution in [-0.2, 0) is 11.3 Å². The van der Waals surface area contributed by atoms with Gasteiger partial charge < -0.3 is 10.1 Å². The summed E-state index contributed by atoms with van der Waals surface area (Å²) in [6.07, 6.45) is 6.19. The van der Waals surface area contributed by atoms with Crippen molar-refractivity contribution in [3.8, 4) is 0 Å². The maximum absolute atomic E-state index is 5.44. The third kappa shape index (κ3) is 3.57. The van der Waals surface area contributed by atoms with Crippen LogP contribution in [0, 0.1) is 0 Å². The number of nitrogens with zero attached hydrogens (tertiary/aromatic N) is 2. The van der Waals surface area contributed by atoms with Crippen molar-refractivity contribution in [1.29, 1.82) is 0 Å². The third-order valence-corrected chi connectivity index (χ3v) is 3.15. The van der Waals surface area contributed by atoms with E-state index in [2.05, 4.69) is 33.3 Å². The fourth-order valence-corrected chi connectivity index (χ4v) is 2.37. The van der Waals surface area contributed by atoms with Crippen LogP contribution in [0.5, 0.6) is 0 Å². The average molecular weight is 288 g/mol. The van der Waals surface area contributed by atoms with E-state index in [-0.39, 0.29) is 0 Å². The standard InChI is InChI=1S/C11H18BrN3O/c1-9(6-15-7-10(12)5-13-15)14-11-3-2-4-16-8-11/h5,7,9,11,14H,2-4,6,8H2,1H3. The molecule has 4 nitrogen and oxygen atoms in total. The van der Waals surface area contributed by atoms with E-state index < -0.39 is 0 Å². The summed E-state index contributed by atoms with van der Waals surface area (Å²) in [5.74, 6) is 0. The highest BCUT2D eigenvalue weighted by atomic mass is 79.9. The van der Waals surface area contributed by atoms with Crippen LogP contribution >= 0.6 is 15.9 Å². The molecule has 2 atom stereocenters. The van der Waals surface area contributed by atoms with Crippen LogP contribution in [0.25, 0.3) is 0 Å². The van der Waals surface area contributed by atoms with E-state index in [0.29, 0.717) is 12.1 Å². The monoisotopic (exact) mass is 287 g/mol. The van der Waals surface area contributed by atoms with E-state index >= 15 is 0 Å². The highest BCUT2D eigenvalue weighted by Crippen LogP contribution is 2.09. The van der Waals surface area contributed by atoms with E-state index in [1.165, 1.54) is 6.42 Å². The normalized spacial score (nSPS) is 23.2. The molecule has 0 bridgehead atoms. The molecule has 90 valence electrons. The van der Waals surface area contributed by atoms with Gasteiger partial charge >= 0.3 is 0 Å². The van der Waals surface area contributed by atoms with Gasteiger partial charge in [-0.3, -0.25) is 4.68 Å². The lowest BCUT2D eigenvalue weighted by Crippen LogP contribution is -2.43. The topological polar surface area (TPSA) is 39.1 Å². The summed E-state index contributed by atoms with van der Waals surface area (Å²) in [7, 11) is 0. The molecule has 0 radical (unpaired) electrons. The molecule has 1 fully saturated rings. The molecule has 1 aliphatic rings. The Hall–Kier alpha value is -0.390. The highest BCUT2D eigenvalue weighted by Gasteiger charge is 2.16. The molecule has 1 aromatic rings. The van der Waals surface area contributed by atoms with Crippen molar-refractivity contribution in [1.82, 2.24) is 15.1 Å². The Morgan fingerprint density at radius 2 is 2.62 bits per heavy atom. The van der Waals surface area contributed by atoms with Crippen LogP contribution in [0.1, 0.15) is 19.8 Å². The number of hydrogen-bond donors (Lipinski definition) is 1. The first-order chi connectivity index (χ1) is 7.74. The van der Waals surface area contributed by atoms with Crippen molar-refractivity contribution in [3.05, 3.63) is 16.9 Å². The summed E-state index contributed by atoms with van der Waals surface area (Å²) in [6, 6.07) is 0.918. The number of nitrogens with one attached hydrogen (secondary N) is 1. The van der Waals surface area contributed by atoms with Gasteiger partial charge in [0.25, 0.3) is 0 Å². The number of halogens is 1. The van der Waals surface area contributed by atoms with Crippen LogP contribution in [0.3, 0.4) is 0 Å². The fraction of sp³-hybridized carbons (Fsp3) is 0.727. The van der Waals surface area contributed by atoms with Crippen molar-refractivity contribution in [2.75, 3.05) is 13.2 Å². The molecule has 1 aromatic heterocycles. The van der Waals surface area contributed by atoms with Crippen molar-refractivity contribution in [2.45, 2.75) is 38.4 Å². The molecule has 0 spiro atoms. The molecule has 2 heterocycles. The van der Waals surface area contributed by atoms with Crippen LogP contribution in [0.2, 0.25) is 0 Å². The molecule has 1 saturated heterocycles. The Bertz CT molecular complexity index is 323. The van der Waals surface area contributed by atoms with Gasteiger partial charge in [0.2, 0.25) is 0 Å². The van der Waals surface area contributed by atoms with E-state index in [1.54, 1.807) is 0 Å². The van der Waals surface area contributed by atoms with Crippen LogP contribution in [0.4, 0.5) is 0 Å². The van der Waals surface area contributed by atoms with Crippen LogP contribution in [0.15, 0.2) is 16.9 Å². The van der Waals surface area contributed by atoms with Crippen molar-refractivity contribution in [3.63, 3.8) is 0 Å². The van der Waals surface area contributed by atoms with Crippen molar-refractivity contribution in [2.24, 2.45) is 0 Å². The van der Waals surface area contributed by atoms with Crippen molar-refractivity contribution >= 4 is 15.9 Å². The van der Waals surface area contributed by atoms with Crippen LogP contribution < -0.4 is 5.32 Å². The van der Waals surface area contributed by atoms with Gasteiger partial charge in [-0.15, -0.1) is 0 Å². The second-order valence-electron chi connectivity index (χ2n) is 4.36. The predicted molar refractivity (Wildman–Crippen MR) is 66.4 cm³/mol. The minimum Gasteiger partial charge on any atom is -0.380 e. The molecule has 2 unspecified atom stereocenters. The Morgan fingerprint density at radius 3 is 3.25 bits per heavy atom. The zero-order chi connectivity index (χ0) is 11.4. The first-order valence-electron chi connectivity index (χ1n) is 5.76. The van der Waals surface area contributed by atoms with Crippen LogP contribution in [-0.4, -0.2) is 35.1 Å². The Morgan fingerprint density at radius 1 is 1.75 bits per heavy atom. The Balaban J connectivity index is 1.77. The smallest absolute Gasteiger partial charge is 0.0632 e. The zero-order valence-corrected chi connectivity index (χ0v) is 11.1. The van der Waals surface area contributed by atoms with E-state index in [4.69, 9.17) is 4.74 Å². The molecule has 2 rings (SSSR count). The summed E-state index contributed by atoms with van der Waals surface area (Å²) in [5, 5.41) is 7.82. The van der Waals surface area contributed by atoms with Gasteiger partial charge in [0, 0.05) is 24.9 Å². The number of rotatable bonds is 4. The third-order valence-electron chi connectivity index (χ3n) is 2.74. The SMILES string of the molecule is CC(Cn1cc(Br)cn1)NC1CCCOC1. The molecule has 5 heteroatoms. The second kappa shape index (κ2) is 5.80. The summed E-state index contributed by atoms with van der Waals surface area (Å²) >= 11 is 3.40. The average Bonchev–Trinajstić information content (AvgIpc) is 2.65. The molecule has 1 aliphatic heterocycles. The summed E-state index contributed by atoms with van der Waals surface area (Å²) in [4.78, 5) is 0. The number of hydrogen-bond acceptors (Lipinski definition) is 3. The van der Waals surface area contributed by atoms with Gasteiger partial charge in [0.1, 0.15) is 0 Å². The lowest BCUT2D eigenvalue weighted by atomic mass is 10.1. The Kier molecular flexibility index (Phi) is 4.37. The van der Waals surface area contributed by atoms with E-state index in [1.807, 2.05) is 17.1 Å². The first kappa shape index (κ1) is 12.1. The molecule has 0 aromatic carbocycles. The Labute approximate surface area is 104 Å². The molecule has 0 aliphatic carbocycles. The minimum absolute atomic E-state index is 0.415. The molecule has 0 saturated carbocycles. The zero-order valence-electron chi connectivity index (χ0n) is 9.53. The molecular weight excluding hydrogens is 270 g/mol. The lowest BCUT2D eigenvalue weighted by Gasteiger charge is -2.26. The van der Waals surface area contributed by atoms with Gasteiger partial charge in [-0.05, 0) is 35.7 Å². The quantitative estimate of drug-likeness (QED) is 0.918.